The second-order valence-electron chi connectivity index (χ2n) is 9.52. The molecule has 1 saturated heterocycles. The molecular formula is C26H27N4O4S+. The topological polar surface area (TPSA) is 78.9 Å². The van der Waals surface area contributed by atoms with Gasteiger partial charge in [-0.25, -0.2) is 13.9 Å². The van der Waals surface area contributed by atoms with Crippen LogP contribution >= 0.6 is 11.9 Å². The maximum atomic E-state index is 12.9. The number of β-lactam (4-membered cyclic amide) rings is 1. The number of aromatic nitrogens is 2. The highest BCUT2D eigenvalue weighted by Crippen LogP contribution is 2.51. The third-order valence-electron chi connectivity index (χ3n) is 7.49. The molecule has 1 aromatic heterocycles. The van der Waals surface area contributed by atoms with E-state index in [1.165, 1.54) is 12.5 Å². The van der Waals surface area contributed by atoms with Crippen LogP contribution in [0.3, 0.4) is 0 Å². The monoisotopic (exact) mass is 491 g/mol. The molecule has 0 spiro atoms. The highest BCUT2D eigenvalue weighted by molar-refractivity contribution is 8.01. The van der Waals surface area contributed by atoms with E-state index in [2.05, 4.69) is 39.2 Å². The van der Waals surface area contributed by atoms with Gasteiger partial charge in [-0.2, -0.15) is 0 Å². The SMILES string of the molecule is COC(=O)C1=C(CN2Sc3ccc(-n4cc[n+](C)c4)c4cccc2c34)[C@H](C)C2[C@@H]([C@@H](C)O)C(=O)N12. The molecular weight excluding hydrogens is 464 g/mol. The Labute approximate surface area is 207 Å². The van der Waals surface area contributed by atoms with Gasteiger partial charge in [0.25, 0.3) is 0 Å². The number of aliphatic hydroxyl groups excluding tert-OH is 1. The van der Waals surface area contributed by atoms with E-state index >= 15 is 0 Å². The Bertz CT molecular complexity index is 1430. The number of rotatable bonds is 5. The molecule has 4 atom stereocenters. The fourth-order valence-corrected chi connectivity index (χ4v) is 6.95. The first kappa shape index (κ1) is 22.2. The summed E-state index contributed by atoms with van der Waals surface area (Å²) < 4.78 is 11.4. The molecule has 8 nitrogen and oxygen atoms in total. The molecule has 3 aliphatic rings. The van der Waals surface area contributed by atoms with Crippen LogP contribution in [0.1, 0.15) is 13.8 Å². The van der Waals surface area contributed by atoms with Gasteiger partial charge in [0.1, 0.15) is 23.8 Å². The number of methoxy groups -OCH3 is 1. The number of anilines is 1. The molecule has 6 rings (SSSR count). The van der Waals surface area contributed by atoms with E-state index in [1.807, 2.05) is 37.3 Å². The average molecular weight is 492 g/mol. The Morgan fingerprint density at radius 3 is 2.74 bits per heavy atom. The number of fused-ring (bicyclic) bond motifs is 1. The fourth-order valence-electron chi connectivity index (χ4n) is 5.82. The van der Waals surface area contributed by atoms with Gasteiger partial charge in [-0.05, 0) is 48.7 Å². The van der Waals surface area contributed by atoms with Gasteiger partial charge >= 0.3 is 5.97 Å². The minimum absolute atomic E-state index is 0.0691. The predicted molar refractivity (Wildman–Crippen MR) is 132 cm³/mol. The number of aliphatic hydroxyl groups is 1. The molecule has 0 saturated carbocycles. The van der Waals surface area contributed by atoms with Gasteiger partial charge in [0.15, 0.2) is 0 Å². The lowest BCUT2D eigenvalue weighted by Crippen LogP contribution is -2.63. The van der Waals surface area contributed by atoms with Crippen molar-refractivity contribution in [3.8, 4) is 5.69 Å². The minimum Gasteiger partial charge on any atom is -0.464 e. The molecule has 1 N–H and O–H groups in total. The highest BCUT2D eigenvalue weighted by atomic mass is 32.2. The first-order valence-corrected chi connectivity index (χ1v) is 12.5. The summed E-state index contributed by atoms with van der Waals surface area (Å²) in [5.41, 5.74) is 3.38. The molecule has 0 radical (unpaired) electrons. The molecule has 4 heterocycles. The fraction of sp³-hybridized carbons (Fsp3) is 0.346. The van der Waals surface area contributed by atoms with Crippen LogP contribution in [0.25, 0.3) is 16.5 Å². The number of esters is 1. The highest BCUT2D eigenvalue weighted by Gasteiger charge is 2.60. The first-order valence-electron chi connectivity index (χ1n) is 11.7. The van der Waals surface area contributed by atoms with E-state index < -0.39 is 18.0 Å². The standard InChI is InChI=1S/C26H27N4O4S/c1-14-17(24(26(33)34-4)30-23(14)21(15(2)31)25(30)32)12-29-19-7-5-6-16-18(28-11-10-27(3)13-28)8-9-20(35-29)22(16)19/h5-11,13-15,21,23,31H,12H2,1-4H3/q+1/t14-,15+,21+,23?/m0/s1. The third-order valence-corrected chi connectivity index (χ3v) is 8.57. The van der Waals surface area contributed by atoms with Crippen LogP contribution in [0.15, 0.2) is 65.2 Å². The lowest BCUT2D eigenvalue weighted by Gasteiger charge is -2.46. The molecule has 2 aromatic carbocycles. The van der Waals surface area contributed by atoms with Crippen molar-refractivity contribution in [2.45, 2.75) is 30.9 Å². The van der Waals surface area contributed by atoms with Gasteiger partial charge in [0.05, 0.1) is 44.5 Å². The molecule has 1 unspecified atom stereocenters. The van der Waals surface area contributed by atoms with Crippen LogP contribution in [-0.2, 0) is 21.4 Å². The molecule has 180 valence electrons. The maximum absolute atomic E-state index is 12.9. The zero-order valence-corrected chi connectivity index (χ0v) is 20.8. The number of imidazole rings is 1. The number of carbonyl (C=O) groups excluding carboxylic acids is 2. The smallest absolute Gasteiger partial charge is 0.354 e. The van der Waals surface area contributed by atoms with E-state index in [4.69, 9.17) is 4.74 Å². The zero-order chi connectivity index (χ0) is 24.6. The van der Waals surface area contributed by atoms with Gasteiger partial charge in [0.2, 0.25) is 12.2 Å². The summed E-state index contributed by atoms with van der Waals surface area (Å²) in [7, 11) is 3.34. The summed E-state index contributed by atoms with van der Waals surface area (Å²) >= 11 is 1.64. The average Bonchev–Trinajstić information content (AvgIpc) is 3.49. The number of ether oxygens (including phenoxy) is 1. The van der Waals surface area contributed by atoms with Gasteiger partial charge < -0.3 is 19.0 Å². The van der Waals surface area contributed by atoms with E-state index in [-0.39, 0.29) is 17.9 Å². The van der Waals surface area contributed by atoms with Crippen molar-refractivity contribution in [2.75, 3.05) is 18.0 Å². The first-order chi connectivity index (χ1) is 16.8. The number of nitrogens with zero attached hydrogens (tertiary/aromatic N) is 4. The number of benzene rings is 2. The lowest BCUT2D eigenvalue weighted by atomic mass is 9.78. The molecule has 35 heavy (non-hydrogen) atoms. The molecule has 0 aliphatic carbocycles. The van der Waals surface area contributed by atoms with Crippen LogP contribution in [0.2, 0.25) is 0 Å². The molecule has 3 aromatic rings. The number of hydrogen-bond acceptors (Lipinski definition) is 6. The van der Waals surface area contributed by atoms with Crippen molar-refractivity contribution in [3.05, 3.63) is 60.3 Å². The summed E-state index contributed by atoms with van der Waals surface area (Å²) in [6.07, 6.45) is 5.32. The van der Waals surface area contributed by atoms with Crippen LogP contribution in [0.5, 0.6) is 0 Å². The third kappa shape index (κ3) is 3.07. The Kier molecular flexibility index (Phi) is 4.98. The quantitative estimate of drug-likeness (QED) is 0.256. The normalized spacial score (nSPS) is 23.7. The molecule has 9 heteroatoms. The van der Waals surface area contributed by atoms with Crippen LogP contribution < -0.4 is 8.87 Å². The van der Waals surface area contributed by atoms with Gasteiger partial charge in [-0.15, -0.1) is 0 Å². The second kappa shape index (κ2) is 7.86. The van der Waals surface area contributed by atoms with Crippen LogP contribution in [0.4, 0.5) is 5.69 Å². The minimum atomic E-state index is -0.766. The van der Waals surface area contributed by atoms with Gasteiger partial charge in [-0.1, -0.05) is 13.0 Å². The van der Waals surface area contributed by atoms with E-state index in [9.17, 15) is 14.7 Å². The number of carbonyl (C=O) groups is 2. The van der Waals surface area contributed by atoms with Gasteiger partial charge in [-0.3, -0.25) is 4.79 Å². The summed E-state index contributed by atoms with van der Waals surface area (Å²) in [5, 5.41) is 12.5. The number of aryl methyl sites for hydroxylation is 1. The molecule has 3 aliphatic heterocycles. The lowest BCUT2D eigenvalue weighted by molar-refractivity contribution is -0.670. The molecule has 1 fully saturated rings. The molecule has 0 bridgehead atoms. The molecule has 1 amide bonds. The van der Waals surface area contributed by atoms with Crippen LogP contribution in [-0.4, -0.2) is 52.3 Å². The Morgan fingerprint density at radius 1 is 1.26 bits per heavy atom. The Morgan fingerprint density at radius 2 is 2.06 bits per heavy atom. The summed E-state index contributed by atoms with van der Waals surface area (Å²) in [4.78, 5) is 28.4. The van der Waals surface area contributed by atoms with Gasteiger partial charge in [0, 0.05) is 21.6 Å². The van der Waals surface area contributed by atoms with Crippen molar-refractivity contribution < 1.29 is 24.0 Å². The zero-order valence-electron chi connectivity index (χ0n) is 20.0. The van der Waals surface area contributed by atoms with E-state index in [0.717, 1.165) is 27.2 Å². The maximum Gasteiger partial charge on any atom is 0.354 e. The van der Waals surface area contributed by atoms with Crippen LogP contribution in [0, 0.1) is 11.8 Å². The Hall–Kier alpha value is -3.30. The second-order valence-corrected chi connectivity index (χ2v) is 10.6. The van der Waals surface area contributed by atoms with E-state index in [0.29, 0.717) is 12.2 Å². The van der Waals surface area contributed by atoms with E-state index in [1.54, 1.807) is 23.8 Å². The summed E-state index contributed by atoms with van der Waals surface area (Å²) in [6, 6.07) is 10.3. The van der Waals surface area contributed by atoms with Crippen molar-refractivity contribution >= 4 is 40.3 Å². The predicted octanol–water partition coefficient (Wildman–Crippen LogP) is 2.57. The summed E-state index contributed by atoms with van der Waals surface area (Å²) in [6.45, 7) is 4.15. The summed E-state index contributed by atoms with van der Waals surface area (Å²) in [5.74, 6) is -1.29. The van der Waals surface area contributed by atoms with Crippen molar-refractivity contribution in [3.63, 3.8) is 0 Å². The van der Waals surface area contributed by atoms with Crippen molar-refractivity contribution in [1.29, 1.82) is 0 Å². The van der Waals surface area contributed by atoms with Crippen molar-refractivity contribution in [1.82, 2.24) is 9.47 Å². The number of hydrogen-bond donors (Lipinski definition) is 1. The van der Waals surface area contributed by atoms with Crippen molar-refractivity contribution in [2.24, 2.45) is 18.9 Å². The largest absolute Gasteiger partial charge is 0.464 e. The Balaban J connectivity index is 1.40. The number of amides is 1.